The van der Waals surface area contributed by atoms with Gasteiger partial charge in [0, 0.05) is 49.2 Å². The van der Waals surface area contributed by atoms with E-state index in [0.29, 0.717) is 0 Å². The van der Waals surface area contributed by atoms with Crippen LogP contribution in [0.4, 0.5) is 0 Å². The molecular weight excluding hydrogens is 382 g/mol. The Morgan fingerprint density at radius 3 is 2.40 bits per heavy atom. The molecule has 0 aliphatic carbocycles. The minimum atomic E-state index is 1.16. The van der Waals surface area contributed by atoms with Crippen LogP contribution in [0.25, 0.3) is 64.8 Å². The van der Waals surface area contributed by atoms with E-state index in [-0.39, 0.29) is 0 Å². The Labute approximate surface area is 179 Å². The molecule has 0 aliphatic rings. The van der Waals surface area contributed by atoms with Crippen LogP contribution in [-0.2, 0) is 7.05 Å². The summed E-state index contributed by atoms with van der Waals surface area (Å²) >= 11 is 1.88. The number of hydrogen-bond acceptors (Lipinski definition) is 1. The van der Waals surface area contributed by atoms with Gasteiger partial charge in [-0.2, -0.15) is 0 Å². The standard InChI is InChI=1S/C28H21NS/c1-4-8-18-20-15-14-19-21(28(20)29(3)23(18)5-2)13-11-17-12-16-25-27(26(17)19)22-9-6-7-10-24(22)30-25/h4-16H,2H2,1,3H3/b8-4-. The van der Waals surface area contributed by atoms with Gasteiger partial charge in [0.05, 0.1) is 5.52 Å². The summed E-state index contributed by atoms with van der Waals surface area (Å²) in [7, 11) is 2.15. The summed E-state index contributed by atoms with van der Waals surface area (Å²) in [6, 6.07) is 22.5. The van der Waals surface area contributed by atoms with E-state index in [1.54, 1.807) is 0 Å². The van der Waals surface area contributed by atoms with E-state index < -0.39 is 0 Å². The number of fused-ring (bicyclic) bond motifs is 9. The molecule has 0 atom stereocenters. The predicted octanol–water partition coefficient (Wildman–Crippen LogP) is 8.53. The maximum atomic E-state index is 4.07. The predicted molar refractivity (Wildman–Crippen MR) is 136 cm³/mol. The molecule has 0 amide bonds. The molecule has 0 saturated heterocycles. The van der Waals surface area contributed by atoms with Crippen LogP contribution >= 0.6 is 11.3 Å². The van der Waals surface area contributed by atoms with Crippen molar-refractivity contribution in [2.45, 2.75) is 6.92 Å². The SMILES string of the molecule is C=Cc1c(/C=C\C)c2ccc3c(ccc4ccc5sc6ccccc6c5c43)c2n1C. The molecule has 30 heavy (non-hydrogen) atoms. The highest BCUT2D eigenvalue weighted by molar-refractivity contribution is 7.26. The lowest BCUT2D eigenvalue weighted by Gasteiger charge is -2.09. The van der Waals surface area contributed by atoms with Gasteiger partial charge in [0.2, 0.25) is 0 Å². The third kappa shape index (κ3) is 2.17. The van der Waals surface area contributed by atoms with Crippen LogP contribution in [0, 0.1) is 0 Å². The van der Waals surface area contributed by atoms with Crippen molar-refractivity contribution in [3.63, 3.8) is 0 Å². The normalized spacial score (nSPS) is 12.3. The lowest BCUT2D eigenvalue weighted by atomic mass is 9.96. The van der Waals surface area contributed by atoms with E-state index in [2.05, 4.69) is 97.9 Å². The van der Waals surface area contributed by atoms with Crippen molar-refractivity contribution in [2.75, 3.05) is 0 Å². The molecule has 2 aromatic heterocycles. The van der Waals surface area contributed by atoms with Crippen molar-refractivity contribution in [2.24, 2.45) is 7.05 Å². The van der Waals surface area contributed by atoms with Crippen molar-refractivity contribution in [1.29, 1.82) is 0 Å². The third-order valence-electron chi connectivity index (χ3n) is 6.28. The van der Waals surface area contributed by atoms with Crippen molar-refractivity contribution in [3.05, 3.63) is 84.6 Å². The Balaban J connectivity index is 1.89. The molecule has 2 heterocycles. The fourth-order valence-corrected chi connectivity index (χ4v) is 6.15. The average Bonchev–Trinajstić information content (AvgIpc) is 3.28. The Kier molecular flexibility index (Phi) is 3.68. The third-order valence-corrected chi connectivity index (χ3v) is 7.42. The zero-order valence-corrected chi connectivity index (χ0v) is 17.9. The summed E-state index contributed by atoms with van der Waals surface area (Å²) in [5, 5.41) is 9.28. The van der Waals surface area contributed by atoms with Gasteiger partial charge in [0.1, 0.15) is 0 Å². The first-order valence-electron chi connectivity index (χ1n) is 10.3. The average molecular weight is 404 g/mol. The van der Waals surface area contributed by atoms with Crippen LogP contribution < -0.4 is 0 Å². The van der Waals surface area contributed by atoms with Crippen molar-refractivity contribution < 1.29 is 0 Å². The van der Waals surface area contributed by atoms with Crippen LogP contribution in [-0.4, -0.2) is 4.57 Å². The number of aromatic nitrogens is 1. The molecule has 0 unspecified atom stereocenters. The second kappa shape index (κ2) is 6.32. The van der Waals surface area contributed by atoms with E-state index >= 15 is 0 Å². The molecule has 0 bridgehead atoms. The highest BCUT2D eigenvalue weighted by atomic mass is 32.1. The zero-order chi connectivity index (χ0) is 20.4. The molecule has 0 aliphatic heterocycles. The first kappa shape index (κ1) is 17.5. The summed E-state index contributed by atoms with van der Waals surface area (Å²) in [4.78, 5) is 0. The zero-order valence-electron chi connectivity index (χ0n) is 17.1. The molecule has 0 saturated carbocycles. The van der Waals surface area contributed by atoms with E-state index in [9.17, 15) is 0 Å². The summed E-state index contributed by atoms with van der Waals surface area (Å²) in [5.41, 5.74) is 3.68. The molecule has 144 valence electrons. The molecule has 0 N–H and O–H groups in total. The summed E-state index contributed by atoms with van der Waals surface area (Å²) in [6.45, 7) is 6.14. The lowest BCUT2D eigenvalue weighted by molar-refractivity contribution is 0.957. The molecule has 6 aromatic rings. The van der Waals surface area contributed by atoms with Gasteiger partial charge in [-0.25, -0.2) is 0 Å². The number of thiophene rings is 1. The number of hydrogen-bond donors (Lipinski definition) is 0. The molecule has 0 fully saturated rings. The van der Waals surface area contributed by atoms with Gasteiger partial charge in [0.15, 0.2) is 0 Å². The Morgan fingerprint density at radius 1 is 0.800 bits per heavy atom. The van der Waals surface area contributed by atoms with Crippen molar-refractivity contribution >= 4 is 76.1 Å². The number of nitrogens with zero attached hydrogens (tertiary/aromatic N) is 1. The van der Waals surface area contributed by atoms with Crippen molar-refractivity contribution in [1.82, 2.24) is 4.57 Å². The van der Waals surface area contributed by atoms with Gasteiger partial charge in [-0.3, -0.25) is 0 Å². The number of benzene rings is 4. The van der Waals surface area contributed by atoms with Gasteiger partial charge >= 0.3 is 0 Å². The largest absolute Gasteiger partial charge is 0.343 e. The van der Waals surface area contributed by atoms with E-state index in [4.69, 9.17) is 0 Å². The lowest BCUT2D eigenvalue weighted by Crippen LogP contribution is -1.91. The van der Waals surface area contributed by atoms with E-state index in [0.717, 1.165) is 5.69 Å². The number of aryl methyl sites for hydroxylation is 1. The Bertz CT molecular complexity index is 1670. The fraction of sp³-hybridized carbons (Fsp3) is 0.0714. The van der Waals surface area contributed by atoms with Crippen LogP contribution in [0.15, 0.2) is 73.3 Å². The maximum absolute atomic E-state index is 4.07. The topological polar surface area (TPSA) is 4.93 Å². The van der Waals surface area contributed by atoms with E-state index in [1.807, 2.05) is 17.4 Å². The fourth-order valence-electron chi connectivity index (χ4n) is 5.04. The first-order chi connectivity index (χ1) is 14.7. The van der Waals surface area contributed by atoms with Gasteiger partial charge in [0.25, 0.3) is 0 Å². The Morgan fingerprint density at radius 2 is 1.57 bits per heavy atom. The molecule has 0 spiro atoms. The van der Waals surface area contributed by atoms with Gasteiger partial charge in [-0.05, 0) is 41.3 Å². The molecule has 4 aromatic carbocycles. The molecule has 6 rings (SSSR count). The highest BCUT2D eigenvalue weighted by Crippen LogP contribution is 2.43. The van der Waals surface area contributed by atoms with Crippen LogP contribution in [0.2, 0.25) is 0 Å². The van der Waals surface area contributed by atoms with Crippen LogP contribution in [0.3, 0.4) is 0 Å². The summed E-state index contributed by atoms with van der Waals surface area (Å²) in [5.74, 6) is 0. The maximum Gasteiger partial charge on any atom is 0.0568 e. The van der Waals surface area contributed by atoms with Crippen LogP contribution in [0.5, 0.6) is 0 Å². The second-order valence-electron chi connectivity index (χ2n) is 7.82. The van der Waals surface area contributed by atoms with Gasteiger partial charge < -0.3 is 4.57 Å². The smallest absolute Gasteiger partial charge is 0.0568 e. The first-order valence-corrected chi connectivity index (χ1v) is 11.1. The Hall–Kier alpha value is -3.36. The number of allylic oxidation sites excluding steroid dienone is 1. The van der Waals surface area contributed by atoms with Gasteiger partial charge in [-0.15, -0.1) is 11.3 Å². The van der Waals surface area contributed by atoms with Crippen molar-refractivity contribution in [3.8, 4) is 0 Å². The minimum absolute atomic E-state index is 1.16. The quantitative estimate of drug-likeness (QED) is 0.255. The monoisotopic (exact) mass is 403 g/mol. The highest BCUT2D eigenvalue weighted by Gasteiger charge is 2.16. The summed E-state index contributed by atoms with van der Waals surface area (Å²) < 4.78 is 4.99. The second-order valence-corrected chi connectivity index (χ2v) is 8.90. The number of rotatable bonds is 2. The summed E-state index contributed by atoms with van der Waals surface area (Å²) in [6.07, 6.45) is 6.26. The van der Waals surface area contributed by atoms with Gasteiger partial charge in [-0.1, -0.05) is 67.3 Å². The minimum Gasteiger partial charge on any atom is -0.343 e. The van der Waals surface area contributed by atoms with E-state index in [1.165, 1.54) is 58.2 Å². The van der Waals surface area contributed by atoms with Crippen LogP contribution in [0.1, 0.15) is 18.2 Å². The molecular formula is C28H21NS. The molecule has 2 heteroatoms. The molecule has 0 radical (unpaired) electrons. The molecule has 1 nitrogen and oxygen atoms in total.